The lowest BCUT2D eigenvalue weighted by Crippen LogP contribution is -2.42. The summed E-state index contributed by atoms with van der Waals surface area (Å²) < 4.78 is 5.54. The van der Waals surface area contributed by atoms with E-state index in [1.165, 1.54) is 5.71 Å². The molecule has 3 aliphatic rings. The van der Waals surface area contributed by atoms with Crippen LogP contribution in [-0.2, 0) is 4.74 Å². The van der Waals surface area contributed by atoms with Gasteiger partial charge in [-0.25, -0.2) is 0 Å². The van der Waals surface area contributed by atoms with Crippen LogP contribution in [0.1, 0.15) is 6.42 Å². The van der Waals surface area contributed by atoms with Crippen LogP contribution in [0.3, 0.4) is 0 Å². The van der Waals surface area contributed by atoms with E-state index in [4.69, 9.17) is 4.74 Å². The van der Waals surface area contributed by atoms with Gasteiger partial charge in [-0.3, -0.25) is 10.3 Å². The van der Waals surface area contributed by atoms with Crippen LogP contribution < -0.4 is 10.6 Å². The molecule has 4 nitrogen and oxygen atoms in total. The molecule has 4 heteroatoms. The summed E-state index contributed by atoms with van der Waals surface area (Å²) in [6.07, 6.45) is 6.90. The highest BCUT2D eigenvalue weighted by Gasteiger charge is 2.31. The van der Waals surface area contributed by atoms with Crippen LogP contribution in [-0.4, -0.2) is 25.0 Å². The zero-order valence-electron chi connectivity index (χ0n) is 7.86. The largest absolute Gasteiger partial charge is 0.490 e. The molecule has 1 aliphatic carbocycles. The molecule has 0 saturated carbocycles. The summed E-state index contributed by atoms with van der Waals surface area (Å²) in [5.41, 5.74) is 2.35. The van der Waals surface area contributed by atoms with Crippen molar-refractivity contribution in [3.05, 3.63) is 24.2 Å². The second-order valence-electron chi connectivity index (χ2n) is 3.80. The number of nitrogens with one attached hydrogen (secondary N) is 2. The van der Waals surface area contributed by atoms with Crippen molar-refractivity contribution < 1.29 is 4.74 Å². The molecule has 2 aliphatic heterocycles. The molecule has 0 radical (unpaired) electrons. The minimum absolute atomic E-state index is 0.198. The van der Waals surface area contributed by atoms with Crippen LogP contribution in [0.25, 0.3) is 0 Å². The summed E-state index contributed by atoms with van der Waals surface area (Å²) >= 11 is 0. The maximum absolute atomic E-state index is 5.54. The monoisotopic (exact) mass is 191 g/mol. The van der Waals surface area contributed by atoms with Gasteiger partial charge < -0.3 is 10.1 Å². The molecule has 0 aromatic rings. The molecular weight excluding hydrogens is 178 g/mol. The molecule has 0 bridgehead atoms. The van der Waals surface area contributed by atoms with Crippen molar-refractivity contribution in [1.82, 2.24) is 10.6 Å². The van der Waals surface area contributed by atoms with Gasteiger partial charge in [-0.05, 0) is 12.5 Å². The number of aliphatic imine (C=N–C) groups is 1. The van der Waals surface area contributed by atoms with Gasteiger partial charge in [0.1, 0.15) is 6.10 Å². The number of nitrogens with zero attached hydrogens (tertiary/aromatic N) is 1. The molecule has 0 fully saturated rings. The third kappa shape index (κ3) is 1.23. The molecule has 0 aromatic carbocycles. The molecule has 2 heterocycles. The van der Waals surface area contributed by atoms with E-state index in [-0.39, 0.29) is 6.10 Å². The Kier molecular flexibility index (Phi) is 1.80. The molecule has 2 atom stereocenters. The summed E-state index contributed by atoms with van der Waals surface area (Å²) in [7, 11) is 0. The maximum Gasteiger partial charge on any atom is 0.138 e. The smallest absolute Gasteiger partial charge is 0.138 e. The van der Waals surface area contributed by atoms with Crippen LogP contribution in [0.5, 0.6) is 0 Å². The van der Waals surface area contributed by atoms with E-state index in [1.54, 1.807) is 6.26 Å². The predicted octanol–water partition coefficient (Wildman–Crippen LogP) is 0.352. The Bertz CT molecular complexity index is 332. The number of allylic oxidation sites excluding steroid dienone is 1. The zero-order valence-corrected chi connectivity index (χ0v) is 7.86. The van der Waals surface area contributed by atoms with Crippen molar-refractivity contribution in [3.8, 4) is 0 Å². The summed E-state index contributed by atoms with van der Waals surface area (Å²) in [6.45, 7) is 1.77. The van der Waals surface area contributed by atoms with Gasteiger partial charge in [0.2, 0.25) is 0 Å². The van der Waals surface area contributed by atoms with Gasteiger partial charge in [0, 0.05) is 24.4 Å². The molecule has 74 valence electrons. The quantitative estimate of drug-likeness (QED) is 0.581. The second-order valence-corrected chi connectivity index (χ2v) is 3.80. The SMILES string of the molecule is C1=COC2CC3CNCN=C3C=C2N1. The van der Waals surface area contributed by atoms with Gasteiger partial charge >= 0.3 is 0 Å². The Morgan fingerprint density at radius 3 is 3.50 bits per heavy atom. The summed E-state index contributed by atoms with van der Waals surface area (Å²) in [6, 6.07) is 0. The Hall–Kier alpha value is -1.29. The lowest BCUT2D eigenvalue weighted by molar-refractivity contribution is 0.137. The number of fused-ring (bicyclic) bond motifs is 2. The fraction of sp³-hybridized carbons (Fsp3) is 0.500. The van der Waals surface area contributed by atoms with Crippen molar-refractivity contribution in [2.45, 2.75) is 12.5 Å². The fourth-order valence-corrected chi connectivity index (χ4v) is 2.15. The van der Waals surface area contributed by atoms with E-state index >= 15 is 0 Å². The molecular formula is C10H13N3O. The average molecular weight is 191 g/mol. The average Bonchev–Trinajstić information content (AvgIpc) is 2.26. The van der Waals surface area contributed by atoms with Crippen LogP contribution in [0.2, 0.25) is 0 Å². The van der Waals surface area contributed by atoms with Gasteiger partial charge in [0.15, 0.2) is 0 Å². The molecule has 0 spiro atoms. The van der Waals surface area contributed by atoms with E-state index in [2.05, 4.69) is 21.7 Å². The standard InChI is InChI=1S/C10H13N3O/c1-2-14-10-3-7-5-11-6-13-8(7)4-9(10)12-1/h1-2,4,7,10-12H,3,5-6H2. The fourth-order valence-electron chi connectivity index (χ4n) is 2.15. The topological polar surface area (TPSA) is 45.6 Å². The summed E-state index contributed by atoms with van der Waals surface area (Å²) in [5, 5.41) is 6.48. The van der Waals surface area contributed by atoms with Gasteiger partial charge in [-0.1, -0.05) is 0 Å². The Balaban J connectivity index is 1.93. The predicted molar refractivity (Wildman–Crippen MR) is 53.6 cm³/mol. The Morgan fingerprint density at radius 1 is 1.50 bits per heavy atom. The van der Waals surface area contributed by atoms with Gasteiger partial charge in [-0.15, -0.1) is 0 Å². The lowest BCUT2D eigenvalue weighted by atomic mass is 9.87. The first kappa shape index (κ1) is 8.05. The maximum atomic E-state index is 5.54. The van der Waals surface area contributed by atoms with Gasteiger partial charge in [-0.2, -0.15) is 0 Å². The molecule has 14 heavy (non-hydrogen) atoms. The van der Waals surface area contributed by atoms with E-state index in [0.29, 0.717) is 5.92 Å². The lowest BCUT2D eigenvalue weighted by Gasteiger charge is -2.34. The first-order valence-corrected chi connectivity index (χ1v) is 4.97. The highest BCUT2D eigenvalue weighted by Crippen LogP contribution is 2.26. The Morgan fingerprint density at radius 2 is 2.50 bits per heavy atom. The molecule has 0 saturated heterocycles. The van der Waals surface area contributed by atoms with Crippen molar-refractivity contribution in [2.24, 2.45) is 10.9 Å². The van der Waals surface area contributed by atoms with Crippen molar-refractivity contribution in [1.29, 1.82) is 0 Å². The second kappa shape index (κ2) is 3.13. The highest BCUT2D eigenvalue weighted by molar-refractivity contribution is 5.99. The van der Waals surface area contributed by atoms with E-state index in [1.807, 2.05) is 6.20 Å². The number of hydrogen-bond acceptors (Lipinski definition) is 4. The summed E-state index contributed by atoms with van der Waals surface area (Å²) in [5.74, 6) is 0.519. The first-order valence-electron chi connectivity index (χ1n) is 4.97. The number of hydrogen-bond donors (Lipinski definition) is 2. The van der Waals surface area contributed by atoms with Crippen LogP contribution in [0, 0.1) is 5.92 Å². The first-order chi connectivity index (χ1) is 6.93. The molecule has 2 unspecified atom stereocenters. The van der Waals surface area contributed by atoms with Crippen molar-refractivity contribution >= 4 is 5.71 Å². The van der Waals surface area contributed by atoms with Crippen molar-refractivity contribution in [3.63, 3.8) is 0 Å². The van der Waals surface area contributed by atoms with Gasteiger partial charge in [0.05, 0.1) is 18.6 Å². The normalized spacial score (nSPS) is 34.3. The molecule has 3 rings (SSSR count). The summed E-state index contributed by atoms with van der Waals surface area (Å²) in [4.78, 5) is 4.45. The van der Waals surface area contributed by atoms with Crippen LogP contribution in [0.15, 0.2) is 29.2 Å². The minimum atomic E-state index is 0.198. The van der Waals surface area contributed by atoms with Crippen molar-refractivity contribution in [2.75, 3.05) is 13.2 Å². The van der Waals surface area contributed by atoms with Crippen LogP contribution in [0.4, 0.5) is 0 Å². The third-order valence-electron chi connectivity index (χ3n) is 2.89. The van der Waals surface area contributed by atoms with Gasteiger partial charge in [0.25, 0.3) is 0 Å². The third-order valence-corrected chi connectivity index (χ3v) is 2.89. The molecule has 0 aromatic heterocycles. The van der Waals surface area contributed by atoms with E-state index < -0.39 is 0 Å². The number of rotatable bonds is 0. The molecule has 2 N–H and O–H groups in total. The van der Waals surface area contributed by atoms with E-state index in [9.17, 15) is 0 Å². The van der Waals surface area contributed by atoms with E-state index in [0.717, 1.165) is 25.3 Å². The van der Waals surface area contributed by atoms with Crippen LogP contribution >= 0.6 is 0 Å². The number of ether oxygens (including phenoxy) is 1. The zero-order chi connectivity index (χ0) is 9.38. The minimum Gasteiger partial charge on any atom is -0.490 e. The highest BCUT2D eigenvalue weighted by atomic mass is 16.5. The molecule has 0 amide bonds. The Labute approximate surface area is 82.7 Å².